The van der Waals surface area contributed by atoms with Crippen LogP contribution >= 0.6 is 0 Å². The Labute approximate surface area is 144 Å². The number of hydrogen-bond acceptors (Lipinski definition) is 4. The lowest BCUT2D eigenvalue weighted by Gasteiger charge is -2.29. The first-order chi connectivity index (χ1) is 11.6. The van der Waals surface area contributed by atoms with Crippen molar-refractivity contribution in [2.24, 2.45) is 5.92 Å². The van der Waals surface area contributed by atoms with E-state index in [1.807, 2.05) is 18.2 Å². The quantitative estimate of drug-likeness (QED) is 0.901. The Bertz CT molecular complexity index is 568. The lowest BCUT2D eigenvalue weighted by molar-refractivity contribution is -0.123. The molecular formula is C19H28N2O3. The van der Waals surface area contributed by atoms with Gasteiger partial charge in [0.1, 0.15) is 13.2 Å². The first-order valence-corrected chi connectivity index (χ1v) is 9.05. The van der Waals surface area contributed by atoms with E-state index in [9.17, 15) is 4.79 Å². The Hall–Kier alpha value is -1.75. The predicted octanol–water partition coefficient (Wildman–Crippen LogP) is 2.76. The minimum Gasteiger partial charge on any atom is -0.486 e. The van der Waals surface area contributed by atoms with E-state index in [1.165, 1.54) is 19.3 Å². The van der Waals surface area contributed by atoms with E-state index in [0.717, 1.165) is 30.2 Å². The molecule has 0 aliphatic carbocycles. The highest BCUT2D eigenvalue weighted by Crippen LogP contribution is 2.34. The third-order valence-corrected chi connectivity index (χ3v) is 4.72. The zero-order chi connectivity index (χ0) is 16.9. The van der Waals surface area contributed by atoms with Crippen molar-refractivity contribution in [1.82, 2.24) is 10.2 Å². The Morgan fingerprint density at radius 1 is 1.12 bits per heavy atom. The fourth-order valence-electron chi connectivity index (χ4n) is 3.43. The SMILES string of the molecule is CC(C)[C@H](NC(=O)CN1CCCCC1)c1ccc2c(c1)OCCO2. The van der Waals surface area contributed by atoms with Crippen molar-refractivity contribution in [1.29, 1.82) is 0 Å². The maximum atomic E-state index is 12.5. The van der Waals surface area contributed by atoms with E-state index in [1.54, 1.807) is 0 Å². The van der Waals surface area contributed by atoms with E-state index in [0.29, 0.717) is 25.7 Å². The predicted molar refractivity (Wildman–Crippen MR) is 93.4 cm³/mol. The van der Waals surface area contributed by atoms with Crippen LogP contribution in [0.15, 0.2) is 18.2 Å². The number of hydrogen-bond donors (Lipinski definition) is 1. The van der Waals surface area contributed by atoms with E-state index >= 15 is 0 Å². The summed E-state index contributed by atoms with van der Waals surface area (Å²) < 4.78 is 11.3. The molecule has 1 aromatic carbocycles. The maximum absolute atomic E-state index is 12.5. The molecule has 1 amide bonds. The molecule has 1 fully saturated rings. The second kappa shape index (κ2) is 7.88. The number of benzene rings is 1. The molecule has 1 atom stereocenters. The van der Waals surface area contributed by atoms with Crippen LogP contribution in [0, 0.1) is 5.92 Å². The topological polar surface area (TPSA) is 50.8 Å². The highest BCUT2D eigenvalue weighted by Gasteiger charge is 2.22. The van der Waals surface area contributed by atoms with Gasteiger partial charge in [-0.25, -0.2) is 0 Å². The van der Waals surface area contributed by atoms with Gasteiger partial charge in [-0.05, 0) is 49.5 Å². The first-order valence-electron chi connectivity index (χ1n) is 9.05. The molecule has 5 heteroatoms. The Kier molecular flexibility index (Phi) is 5.61. The summed E-state index contributed by atoms with van der Waals surface area (Å²) in [6.45, 7) is 7.98. The second-order valence-electron chi connectivity index (χ2n) is 7.03. The maximum Gasteiger partial charge on any atom is 0.234 e. The third kappa shape index (κ3) is 4.20. The molecular weight excluding hydrogens is 304 g/mol. The summed E-state index contributed by atoms with van der Waals surface area (Å²) in [6, 6.07) is 5.95. The third-order valence-electron chi connectivity index (χ3n) is 4.72. The highest BCUT2D eigenvalue weighted by atomic mass is 16.6. The number of fused-ring (bicyclic) bond motifs is 1. The lowest BCUT2D eigenvalue weighted by Crippen LogP contribution is -2.42. The molecule has 0 aromatic heterocycles. The Morgan fingerprint density at radius 3 is 2.54 bits per heavy atom. The molecule has 5 nitrogen and oxygen atoms in total. The fraction of sp³-hybridized carbons (Fsp3) is 0.632. The summed E-state index contributed by atoms with van der Waals surface area (Å²) in [4.78, 5) is 14.7. The van der Waals surface area contributed by atoms with E-state index in [4.69, 9.17) is 9.47 Å². The van der Waals surface area contributed by atoms with Crippen molar-refractivity contribution in [2.45, 2.75) is 39.2 Å². The van der Waals surface area contributed by atoms with Crippen LogP contribution in [-0.2, 0) is 4.79 Å². The van der Waals surface area contributed by atoms with Crippen molar-refractivity contribution in [3.8, 4) is 11.5 Å². The summed E-state index contributed by atoms with van der Waals surface area (Å²) in [6.07, 6.45) is 3.68. The number of carbonyl (C=O) groups excluding carboxylic acids is 1. The number of likely N-dealkylation sites (tertiary alicyclic amines) is 1. The summed E-state index contributed by atoms with van der Waals surface area (Å²) in [5, 5.41) is 3.21. The van der Waals surface area contributed by atoms with Gasteiger partial charge in [-0.1, -0.05) is 26.3 Å². The number of ether oxygens (including phenoxy) is 2. The molecule has 2 heterocycles. The molecule has 24 heavy (non-hydrogen) atoms. The number of carbonyl (C=O) groups is 1. The van der Waals surface area contributed by atoms with Gasteiger partial charge in [0.15, 0.2) is 11.5 Å². The van der Waals surface area contributed by atoms with Gasteiger partial charge in [-0.3, -0.25) is 9.69 Å². The van der Waals surface area contributed by atoms with E-state index < -0.39 is 0 Å². The van der Waals surface area contributed by atoms with Gasteiger partial charge in [0.2, 0.25) is 5.91 Å². The monoisotopic (exact) mass is 332 g/mol. The number of nitrogens with one attached hydrogen (secondary N) is 1. The summed E-state index contributed by atoms with van der Waals surface area (Å²) >= 11 is 0. The molecule has 0 saturated carbocycles. The van der Waals surface area contributed by atoms with E-state index in [2.05, 4.69) is 24.1 Å². The molecule has 0 radical (unpaired) electrons. The van der Waals surface area contributed by atoms with Crippen LogP contribution in [0.3, 0.4) is 0 Å². The van der Waals surface area contributed by atoms with Crippen LogP contribution in [0.2, 0.25) is 0 Å². The number of amides is 1. The lowest BCUT2D eigenvalue weighted by atomic mass is 9.95. The first kappa shape index (κ1) is 17.1. The molecule has 0 spiro atoms. The van der Waals surface area contributed by atoms with Gasteiger partial charge in [-0.15, -0.1) is 0 Å². The average Bonchev–Trinajstić information content (AvgIpc) is 2.60. The average molecular weight is 332 g/mol. The van der Waals surface area contributed by atoms with Gasteiger partial charge < -0.3 is 14.8 Å². The Balaban J connectivity index is 1.66. The largest absolute Gasteiger partial charge is 0.486 e. The van der Waals surface area contributed by atoms with Crippen LogP contribution in [0.25, 0.3) is 0 Å². The van der Waals surface area contributed by atoms with E-state index in [-0.39, 0.29) is 11.9 Å². The highest BCUT2D eigenvalue weighted by molar-refractivity contribution is 5.78. The molecule has 3 rings (SSSR count). The molecule has 2 aliphatic rings. The van der Waals surface area contributed by atoms with Gasteiger partial charge in [0, 0.05) is 0 Å². The summed E-state index contributed by atoms with van der Waals surface area (Å²) in [5.41, 5.74) is 1.07. The number of rotatable bonds is 5. The minimum absolute atomic E-state index is 0.0156. The molecule has 0 unspecified atom stereocenters. The minimum atomic E-state index is -0.0156. The Morgan fingerprint density at radius 2 is 1.83 bits per heavy atom. The van der Waals surface area contributed by atoms with Crippen LogP contribution in [0.5, 0.6) is 11.5 Å². The zero-order valence-corrected chi connectivity index (χ0v) is 14.7. The molecule has 132 valence electrons. The van der Waals surface area contributed by atoms with Crippen molar-refractivity contribution in [3.05, 3.63) is 23.8 Å². The normalized spacial score (nSPS) is 19.1. The van der Waals surface area contributed by atoms with Crippen molar-refractivity contribution in [2.75, 3.05) is 32.8 Å². The van der Waals surface area contributed by atoms with Crippen molar-refractivity contribution < 1.29 is 14.3 Å². The van der Waals surface area contributed by atoms with Gasteiger partial charge in [-0.2, -0.15) is 0 Å². The van der Waals surface area contributed by atoms with Crippen LogP contribution < -0.4 is 14.8 Å². The van der Waals surface area contributed by atoms with Gasteiger partial charge in [0.25, 0.3) is 0 Å². The molecule has 1 N–H and O–H groups in total. The molecule has 0 bridgehead atoms. The van der Waals surface area contributed by atoms with Crippen LogP contribution in [0.4, 0.5) is 0 Å². The smallest absolute Gasteiger partial charge is 0.234 e. The van der Waals surface area contributed by atoms with Crippen LogP contribution in [-0.4, -0.2) is 43.7 Å². The second-order valence-corrected chi connectivity index (χ2v) is 7.03. The van der Waals surface area contributed by atoms with Crippen molar-refractivity contribution >= 4 is 5.91 Å². The van der Waals surface area contributed by atoms with Crippen LogP contribution in [0.1, 0.15) is 44.7 Å². The fourth-order valence-corrected chi connectivity index (χ4v) is 3.43. The summed E-state index contributed by atoms with van der Waals surface area (Å²) in [7, 11) is 0. The summed E-state index contributed by atoms with van der Waals surface area (Å²) in [5.74, 6) is 1.96. The number of piperidine rings is 1. The number of nitrogens with zero attached hydrogens (tertiary/aromatic N) is 1. The van der Waals surface area contributed by atoms with Gasteiger partial charge in [0.05, 0.1) is 12.6 Å². The molecule has 1 aromatic rings. The molecule has 1 saturated heterocycles. The van der Waals surface area contributed by atoms with Crippen molar-refractivity contribution in [3.63, 3.8) is 0 Å². The van der Waals surface area contributed by atoms with Gasteiger partial charge >= 0.3 is 0 Å². The zero-order valence-electron chi connectivity index (χ0n) is 14.7. The standard InChI is InChI=1S/C19H28N2O3/c1-14(2)19(20-18(22)13-21-8-4-3-5-9-21)15-6-7-16-17(12-15)24-11-10-23-16/h6-7,12,14,19H,3-5,8-11,13H2,1-2H3,(H,20,22)/t19-/m0/s1. The molecule has 2 aliphatic heterocycles.